The zero-order valence-electron chi connectivity index (χ0n) is 16.9. The highest BCUT2D eigenvalue weighted by molar-refractivity contribution is 6.32. The predicted molar refractivity (Wildman–Crippen MR) is 112 cm³/mol. The van der Waals surface area contributed by atoms with Crippen molar-refractivity contribution in [2.75, 3.05) is 32.8 Å². The van der Waals surface area contributed by atoms with Crippen LogP contribution in [0.15, 0.2) is 30.5 Å². The van der Waals surface area contributed by atoms with Gasteiger partial charge in [0.15, 0.2) is 0 Å². The molecule has 2 aromatic rings. The van der Waals surface area contributed by atoms with Gasteiger partial charge in [0.25, 0.3) is 5.91 Å². The summed E-state index contributed by atoms with van der Waals surface area (Å²) in [5, 5.41) is 0.365. The first kappa shape index (κ1) is 20.0. The fraction of sp³-hybridized carbons (Fsp3) is 0.455. The lowest BCUT2D eigenvalue weighted by molar-refractivity contribution is 0.0628. The zero-order chi connectivity index (χ0) is 20.4. The summed E-state index contributed by atoms with van der Waals surface area (Å²) in [7, 11) is 0. The number of hydrogen-bond acceptors (Lipinski definition) is 5. The molecule has 2 aliphatic heterocycles. The first-order valence-corrected chi connectivity index (χ1v) is 10.5. The Morgan fingerprint density at radius 3 is 2.76 bits per heavy atom. The second-order valence-electron chi connectivity index (χ2n) is 7.79. The van der Waals surface area contributed by atoms with Gasteiger partial charge >= 0.3 is 0 Å². The highest BCUT2D eigenvalue weighted by Crippen LogP contribution is 2.27. The molecule has 0 unspecified atom stereocenters. The number of ether oxygens (including phenoxy) is 2. The molecule has 7 heteroatoms. The molecule has 0 spiro atoms. The van der Waals surface area contributed by atoms with Gasteiger partial charge in [0, 0.05) is 45.3 Å². The molecule has 0 radical (unpaired) electrons. The molecule has 154 valence electrons. The van der Waals surface area contributed by atoms with Crippen LogP contribution in [0.4, 0.5) is 0 Å². The fourth-order valence-corrected chi connectivity index (χ4v) is 3.95. The van der Waals surface area contributed by atoms with E-state index >= 15 is 0 Å². The first-order valence-electron chi connectivity index (χ1n) is 10.1. The van der Waals surface area contributed by atoms with E-state index in [1.165, 1.54) is 11.1 Å². The molecule has 1 aromatic carbocycles. The second-order valence-corrected chi connectivity index (χ2v) is 8.19. The van der Waals surface area contributed by atoms with Crippen LogP contribution in [-0.4, -0.2) is 59.6 Å². The summed E-state index contributed by atoms with van der Waals surface area (Å²) in [4.78, 5) is 21.3. The highest BCUT2D eigenvalue weighted by atomic mass is 35.5. The number of pyridine rings is 1. The Hall–Kier alpha value is -2.31. The molecule has 0 aliphatic carbocycles. The Kier molecular flexibility index (Phi) is 5.92. The summed E-state index contributed by atoms with van der Waals surface area (Å²) in [5.41, 5.74) is 3.09. The first-order chi connectivity index (χ1) is 14.0. The number of rotatable bonds is 5. The lowest BCUT2D eigenvalue weighted by Crippen LogP contribution is -2.48. The number of hydrogen-bond donors (Lipinski definition) is 0. The lowest BCUT2D eigenvalue weighted by Gasteiger charge is -2.34. The maximum atomic E-state index is 12.8. The topological polar surface area (TPSA) is 54.9 Å². The van der Waals surface area contributed by atoms with E-state index < -0.39 is 0 Å². The monoisotopic (exact) mass is 415 g/mol. The van der Waals surface area contributed by atoms with E-state index in [4.69, 9.17) is 21.1 Å². The molecular weight excluding hydrogens is 390 g/mol. The Morgan fingerprint density at radius 2 is 2.03 bits per heavy atom. The Labute approximate surface area is 176 Å². The van der Waals surface area contributed by atoms with Crippen LogP contribution in [-0.2, 0) is 13.0 Å². The zero-order valence-corrected chi connectivity index (χ0v) is 17.6. The van der Waals surface area contributed by atoms with Gasteiger partial charge in [-0.15, -0.1) is 0 Å². The molecule has 0 saturated carbocycles. The Balaban J connectivity index is 1.33. The van der Waals surface area contributed by atoms with Crippen molar-refractivity contribution in [3.8, 4) is 11.6 Å². The van der Waals surface area contributed by atoms with Gasteiger partial charge in [-0.1, -0.05) is 23.7 Å². The standard InChI is InChI=1S/C22H26ClN3O3/c1-15(2)29-21-19(23)12-18(13-24-21)22(27)26-8-6-25(7-9-26)14-16-3-4-20-17(11-16)5-10-28-20/h3-4,11-13,15H,5-10,14H2,1-2H3. The number of carbonyl (C=O) groups is 1. The van der Waals surface area contributed by atoms with Gasteiger partial charge in [-0.3, -0.25) is 9.69 Å². The van der Waals surface area contributed by atoms with Crippen LogP contribution in [0.25, 0.3) is 0 Å². The summed E-state index contributed by atoms with van der Waals surface area (Å²) in [6.45, 7) is 8.56. The molecule has 0 bridgehead atoms. The van der Waals surface area contributed by atoms with Gasteiger partial charge in [-0.05, 0) is 37.1 Å². The molecule has 1 amide bonds. The van der Waals surface area contributed by atoms with E-state index in [9.17, 15) is 4.79 Å². The highest BCUT2D eigenvalue weighted by Gasteiger charge is 2.24. The number of carbonyl (C=O) groups excluding carboxylic acids is 1. The fourth-order valence-electron chi connectivity index (χ4n) is 3.74. The maximum absolute atomic E-state index is 12.8. The third-order valence-electron chi connectivity index (χ3n) is 5.22. The van der Waals surface area contributed by atoms with Crippen LogP contribution < -0.4 is 9.47 Å². The molecule has 0 N–H and O–H groups in total. The number of amides is 1. The minimum absolute atomic E-state index is 0.0205. The normalized spacial score (nSPS) is 16.6. The summed E-state index contributed by atoms with van der Waals surface area (Å²) in [5.74, 6) is 1.34. The number of halogens is 1. The molecule has 2 aliphatic rings. The van der Waals surface area contributed by atoms with E-state index in [1.54, 1.807) is 12.3 Å². The summed E-state index contributed by atoms with van der Waals surface area (Å²) in [6, 6.07) is 8.10. The van der Waals surface area contributed by atoms with Gasteiger partial charge in [0.05, 0.1) is 18.3 Å². The van der Waals surface area contributed by atoms with Crippen molar-refractivity contribution in [3.05, 3.63) is 52.2 Å². The van der Waals surface area contributed by atoms with Gasteiger partial charge in [0.1, 0.15) is 10.8 Å². The third kappa shape index (κ3) is 4.65. The van der Waals surface area contributed by atoms with Crippen molar-refractivity contribution < 1.29 is 14.3 Å². The molecule has 1 aromatic heterocycles. The molecule has 3 heterocycles. The van der Waals surface area contributed by atoms with Crippen LogP contribution in [0.3, 0.4) is 0 Å². The van der Waals surface area contributed by atoms with Crippen molar-refractivity contribution >= 4 is 17.5 Å². The summed E-state index contributed by atoms with van der Waals surface area (Å²) in [6.07, 6.45) is 2.52. The number of piperazine rings is 1. The number of fused-ring (bicyclic) bond motifs is 1. The van der Waals surface area contributed by atoms with Crippen LogP contribution >= 0.6 is 11.6 Å². The second kappa shape index (κ2) is 8.59. The van der Waals surface area contributed by atoms with E-state index in [0.717, 1.165) is 38.4 Å². The van der Waals surface area contributed by atoms with E-state index in [0.29, 0.717) is 29.6 Å². The Bertz CT molecular complexity index is 895. The predicted octanol–water partition coefficient (Wildman–Crippen LogP) is 3.42. The average molecular weight is 416 g/mol. The molecule has 4 rings (SSSR count). The molecule has 1 saturated heterocycles. The van der Waals surface area contributed by atoms with Crippen molar-refractivity contribution in [1.82, 2.24) is 14.8 Å². The quantitative estimate of drug-likeness (QED) is 0.749. The van der Waals surface area contributed by atoms with E-state index in [2.05, 4.69) is 28.1 Å². The van der Waals surface area contributed by atoms with E-state index in [1.807, 2.05) is 18.7 Å². The van der Waals surface area contributed by atoms with Gasteiger partial charge in [0.2, 0.25) is 5.88 Å². The van der Waals surface area contributed by atoms with Gasteiger partial charge < -0.3 is 14.4 Å². The number of nitrogens with zero attached hydrogens (tertiary/aromatic N) is 3. The molecule has 29 heavy (non-hydrogen) atoms. The molecule has 6 nitrogen and oxygen atoms in total. The lowest BCUT2D eigenvalue weighted by atomic mass is 10.1. The van der Waals surface area contributed by atoms with Gasteiger partial charge in [-0.2, -0.15) is 0 Å². The van der Waals surface area contributed by atoms with Crippen molar-refractivity contribution in [2.24, 2.45) is 0 Å². The smallest absolute Gasteiger partial charge is 0.255 e. The van der Waals surface area contributed by atoms with Crippen molar-refractivity contribution in [1.29, 1.82) is 0 Å². The molecular formula is C22H26ClN3O3. The van der Waals surface area contributed by atoms with E-state index in [-0.39, 0.29) is 12.0 Å². The van der Waals surface area contributed by atoms with Crippen molar-refractivity contribution in [2.45, 2.75) is 32.9 Å². The summed E-state index contributed by atoms with van der Waals surface area (Å²) < 4.78 is 11.1. The van der Waals surface area contributed by atoms with Crippen LogP contribution in [0, 0.1) is 0 Å². The number of aromatic nitrogens is 1. The average Bonchev–Trinajstić information content (AvgIpc) is 3.17. The largest absolute Gasteiger partial charge is 0.493 e. The van der Waals surface area contributed by atoms with Gasteiger partial charge in [-0.25, -0.2) is 4.98 Å². The van der Waals surface area contributed by atoms with Crippen LogP contribution in [0.2, 0.25) is 5.02 Å². The Morgan fingerprint density at radius 1 is 1.24 bits per heavy atom. The maximum Gasteiger partial charge on any atom is 0.255 e. The third-order valence-corrected chi connectivity index (χ3v) is 5.49. The molecule has 1 fully saturated rings. The summed E-state index contributed by atoms with van der Waals surface area (Å²) >= 11 is 6.23. The minimum Gasteiger partial charge on any atom is -0.493 e. The molecule has 0 atom stereocenters. The number of benzene rings is 1. The minimum atomic E-state index is -0.0372. The van der Waals surface area contributed by atoms with Crippen LogP contribution in [0.5, 0.6) is 11.6 Å². The van der Waals surface area contributed by atoms with Crippen LogP contribution in [0.1, 0.15) is 35.3 Å². The SMILES string of the molecule is CC(C)Oc1ncc(C(=O)N2CCN(Cc3ccc4c(c3)CCO4)CC2)cc1Cl. The van der Waals surface area contributed by atoms with Crippen molar-refractivity contribution in [3.63, 3.8) is 0 Å².